The summed E-state index contributed by atoms with van der Waals surface area (Å²) in [4.78, 5) is 11.9. The van der Waals surface area contributed by atoms with E-state index in [1.54, 1.807) is 18.2 Å². The maximum Gasteiger partial charge on any atom is 0.251 e. The van der Waals surface area contributed by atoms with Crippen LogP contribution < -0.4 is 11.1 Å². The van der Waals surface area contributed by atoms with Gasteiger partial charge in [0.25, 0.3) is 5.91 Å². The van der Waals surface area contributed by atoms with Crippen LogP contribution >= 0.6 is 11.6 Å². The summed E-state index contributed by atoms with van der Waals surface area (Å²) in [5.74, 6) is 5.95. The smallest absolute Gasteiger partial charge is 0.251 e. The zero-order valence-electron chi connectivity index (χ0n) is 11.3. The van der Waals surface area contributed by atoms with E-state index < -0.39 is 0 Å². The van der Waals surface area contributed by atoms with Gasteiger partial charge in [-0.25, -0.2) is 0 Å². The molecule has 0 aliphatic carbocycles. The first-order valence-electron chi connectivity index (χ1n) is 6.35. The summed E-state index contributed by atoms with van der Waals surface area (Å²) >= 11 is 6.08. The minimum absolute atomic E-state index is 0.111. The molecule has 102 valence electrons. The fourth-order valence-corrected chi connectivity index (χ4v) is 1.65. The normalized spacial score (nSPS) is 11.4. The molecule has 4 heteroatoms. The van der Waals surface area contributed by atoms with Crippen LogP contribution in [-0.2, 0) is 0 Å². The Balaban J connectivity index is 2.74. The fraction of sp³-hybridized carbons (Fsp3) is 0.400. The highest BCUT2D eigenvalue weighted by Crippen LogP contribution is 2.17. The van der Waals surface area contributed by atoms with Crippen molar-refractivity contribution in [1.29, 1.82) is 0 Å². The van der Waals surface area contributed by atoms with E-state index in [-0.39, 0.29) is 12.5 Å². The first-order valence-corrected chi connectivity index (χ1v) is 6.73. The SMILES string of the molecule is CCC(C)CNC(=O)c1ccc(C#CCN)c(Cl)c1. The molecular weight excluding hydrogens is 260 g/mol. The molecule has 0 heterocycles. The molecule has 1 rings (SSSR count). The van der Waals surface area contributed by atoms with E-state index in [2.05, 4.69) is 31.0 Å². The number of halogens is 1. The molecule has 1 aromatic carbocycles. The van der Waals surface area contributed by atoms with Crippen LogP contribution in [0.1, 0.15) is 36.2 Å². The lowest BCUT2D eigenvalue weighted by atomic mass is 10.1. The highest BCUT2D eigenvalue weighted by Gasteiger charge is 2.08. The highest BCUT2D eigenvalue weighted by molar-refractivity contribution is 6.32. The van der Waals surface area contributed by atoms with E-state index in [9.17, 15) is 4.79 Å². The molecule has 0 radical (unpaired) electrons. The second-order valence-electron chi connectivity index (χ2n) is 4.42. The molecule has 0 bridgehead atoms. The Morgan fingerprint density at radius 2 is 2.26 bits per heavy atom. The predicted molar refractivity (Wildman–Crippen MR) is 79.2 cm³/mol. The van der Waals surface area contributed by atoms with Crippen molar-refractivity contribution in [2.75, 3.05) is 13.1 Å². The topological polar surface area (TPSA) is 55.1 Å². The van der Waals surface area contributed by atoms with Gasteiger partial charge in [-0.3, -0.25) is 4.79 Å². The number of carbonyl (C=O) groups is 1. The largest absolute Gasteiger partial charge is 0.352 e. The molecule has 0 fully saturated rings. The third-order valence-corrected chi connectivity index (χ3v) is 3.18. The highest BCUT2D eigenvalue weighted by atomic mass is 35.5. The fourth-order valence-electron chi connectivity index (χ4n) is 1.42. The first-order chi connectivity index (χ1) is 9.08. The van der Waals surface area contributed by atoms with Crippen molar-refractivity contribution in [3.8, 4) is 11.8 Å². The Morgan fingerprint density at radius 3 is 2.84 bits per heavy atom. The molecule has 19 heavy (non-hydrogen) atoms. The lowest BCUT2D eigenvalue weighted by Crippen LogP contribution is -2.28. The van der Waals surface area contributed by atoms with E-state index in [4.69, 9.17) is 17.3 Å². The number of carbonyl (C=O) groups excluding carboxylic acids is 1. The molecule has 3 N–H and O–H groups in total. The summed E-state index contributed by atoms with van der Waals surface area (Å²) in [6.07, 6.45) is 1.04. The maximum absolute atomic E-state index is 11.9. The lowest BCUT2D eigenvalue weighted by Gasteiger charge is -2.10. The number of amides is 1. The first kappa shape index (κ1) is 15.6. The molecular formula is C15H19ClN2O. The molecule has 0 aliphatic rings. The minimum Gasteiger partial charge on any atom is -0.352 e. The molecule has 0 spiro atoms. The molecule has 1 unspecified atom stereocenters. The number of nitrogens with one attached hydrogen (secondary N) is 1. The van der Waals surface area contributed by atoms with E-state index in [0.717, 1.165) is 6.42 Å². The molecule has 1 atom stereocenters. The molecule has 0 saturated heterocycles. The van der Waals surface area contributed by atoms with Crippen LogP contribution in [0.3, 0.4) is 0 Å². The third kappa shape index (κ3) is 4.94. The molecule has 0 aliphatic heterocycles. The van der Waals surface area contributed by atoms with Crippen LogP contribution in [0.4, 0.5) is 0 Å². The van der Waals surface area contributed by atoms with Gasteiger partial charge in [-0.05, 0) is 24.1 Å². The van der Waals surface area contributed by atoms with Gasteiger partial charge < -0.3 is 11.1 Å². The van der Waals surface area contributed by atoms with Gasteiger partial charge in [-0.1, -0.05) is 43.7 Å². The molecule has 1 amide bonds. The summed E-state index contributed by atoms with van der Waals surface area (Å²) in [7, 11) is 0. The van der Waals surface area contributed by atoms with E-state index >= 15 is 0 Å². The summed E-state index contributed by atoms with van der Waals surface area (Å²) < 4.78 is 0. The maximum atomic E-state index is 11.9. The van der Waals surface area contributed by atoms with E-state index in [1.165, 1.54) is 0 Å². The average molecular weight is 279 g/mol. The van der Waals surface area contributed by atoms with Crippen molar-refractivity contribution in [1.82, 2.24) is 5.32 Å². The second-order valence-corrected chi connectivity index (χ2v) is 4.83. The number of hydrogen-bond acceptors (Lipinski definition) is 2. The molecule has 1 aromatic rings. The number of hydrogen-bond donors (Lipinski definition) is 2. The van der Waals surface area contributed by atoms with Gasteiger partial charge >= 0.3 is 0 Å². The Bertz CT molecular complexity index is 503. The van der Waals surface area contributed by atoms with Gasteiger partial charge in [0.1, 0.15) is 0 Å². The molecule has 0 saturated carbocycles. The van der Waals surface area contributed by atoms with Crippen LogP contribution in [0.15, 0.2) is 18.2 Å². The van der Waals surface area contributed by atoms with Crippen molar-refractivity contribution < 1.29 is 4.79 Å². The molecule has 3 nitrogen and oxygen atoms in total. The van der Waals surface area contributed by atoms with Crippen molar-refractivity contribution in [2.45, 2.75) is 20.3 Å². The van der Waals surface area contributed by atoms with Gasteiger partial charge in [0.15, 0.2) is 0 Å². The summed E-state index contributed by atoms with van der Waals surface area (Å²) in [5, 5.41) is 3.36. The van der Waals surface area contributed by atoms with Gasteiger partial charge in [0.2, 0.25) is 0 Å². The zero-order valence-corrected chi connectivity index (χ0v) is 12.1. The summed E-state index contributed by atoms with van der Waals surface area (Å²) in [5.41, 5.74) is 6.54. The zero-order chi connectivity index (χ0) is 14.3. The summed E-state index contributed by atoms with van der Waals surface area (Å²) in [6.45, 7) is 5.15. The Hall–Kier alpha value is -1.50. The van der Waals surface area contributed by atoms with Crippen LogP contribution in [0.2, 0.25) is 5.02 Å². The monoisotopic (exact) mass is 278 g/mol. The van der Waals surface area contributed by atoms with Crippen LogP contribution in [0.25, 0.3) is 0 Å². The minimum atomic E-state index is -0.111. The number of nitrogens with two attached hydrogens (primary N) is 1. The van der Waals surface area contributed by atoms with Crippen LogP contribution in [-0.4, -0.2) is 19.0 Å². The third-order valence-electron chi connectivity index (χ3n) is 2.86. The van der Waals surface area contributed by atoms with Crippen molar-refractivity contribution >= 4 is 17.5 Å². The van der Waals surface area contributed by atoms with Gasteiger partial charge in [-0.2, -0.15) is 0 Å². The number of benzene rings is 1. The predicted octanol–water partition coefficient (Wildman–Crippen LogP) is 2.43. The standard InChI is InChI=1S/C15H19ClN2O/c1-3-11(2)10-18-15(19)13-7-6-12(5-4-8-17)14(16)9-13/h6-7,9,11H,3,8,10,17H2,1-2H3,(H,18,19). The van der Waals surface area contributed by atoms with Crippen molar-refractivity contribution in [3.63, 3.8) is 0 Å². The average Bonchev–Trinajstić information content (AvgIpc) is 2.42. The Kier molecular flexibility index (Phi) is 6.41. The van der Waals surface area contributed by atoms with Crippen molar-refractivity contribution in [3.05, 3.63) is 34.3 Å². The van der Waals surface area contributed by atoms with Gasteiger partial charge in [0.05, 0.1) is 11.6 Å². The van der Waals surface area contributed by atoms with E-state index in [0.29, 0.717) is 28.6 Å². The quantitative estimate of drug-likeness (QED) is 0.831. The Labute approximate surface area is 119 Å². The van der Waals surface area contributed by atoms with Crippen molar-refractivity contribution in [2.24, 2.45) is 11.7 Å². The van der Waals surface area contributed by atoms with Crippen LogP contribution in [0, 0.1) is 17.8 Å². The van der Waals surface area contributed by atoms with Gasteiger partial charge in [0, 0.05) is 17.7 Å². The van der Waals surface area contributed by atoms with Gasteiger partial charge in [-0.15, -0.1) is 0 Å². The summed E-state index contributed by atoms with van der Waals surface area (Å²) in [6, 6.07) is 5.09. The number of rotatable bonds is 4. The molecule has 0 aromatic heterocycles. The van der Waals surface area contributed by atoms with Crippen LogP contribution in [0.5, 0.6) is 0 Å². The lowest BCUT2D eigenvalue weighted by molar-refractivity contribution is 0.0948. The Morgan fingerprint density at radius 1 is 1.53 bits per heavy atom. The second kappa shape index (κ2) is 7.83. The van der Waals surface area contributed by atoms with E-state index in [1.807, 2.05) is 0 Å².